The van der Waals surface area contributed by atoms with Gasteiger partial charge in [-0.2, -0.15) is 4.99 Å². The quantitative estimate of drug-likeness (QED) is 0.171. The summed E-state index contributed by atoms with van der Waals surface area (Å²) in [4.78, 5) is 60.7. The second-order valence-corrected chi connectivity index (χ2v) is 14.0. The number of carbonyl (C=O) groups is 4. The molecule has 0 aromatic rings. The molecule has 1 fully saturated rings. The molecule has 2 aliphatic heterocycles. The third kappa shape index (κ3) is 13.8. The van der Waals surface area contributed by atoms with Crippen molar-refractivity contribution in [3.05, 3.63) is 0 Å². The monoisotopic (exact) mass is 643 g/mol. The number of esters is 2. The largest absolute Gasteiger partial charge is 0.458 e. The van der Waals surface area contributed by atoms with E-state index >= 15 is 0 Å². The molecule has 0 bridgehead atoms. The first-order chi connectivity index (χ1) is 20.7. The molecule has 2 unspecified atom stereocenters. The molecule has 3 amide bonds. The highest BCUT2D eigenvalue weighted by molar-refractivity contribution is 5.85. The zero-order valence-corrected chi connectivity index (χ0v) is 28.5. The summed E-state index contributed by atoms with van der Waals surface area (Å²) < 4.78 is 27.5. The molecule has 15 nitrogen and oxygen atoms in total. The van der Waals surface area contributed by atoms with Crippen molar-refractivity contribution in [2.24, 2.45) is 4.99 Å². The predicted octanol–water partition coefficient (Wildman–Crippen LogP) is 3.16. The summed E-state index contributed by atoms with van der Waals surface area (Å²) in [5.41, 5.74) is -2.82. The number of hydrogen-bond acceptors (Lipinski definition) is 12. The van der Waals surface area contributed by atoms with Crippen LogP contribution in [-0.4, -0.2) is 103 Å². The Bertz CT molecular complexity index is 1050. The summed E-state index contributed by atoms with van der Waals surface area (Å²) >= 11 is 0. The van der Waals surface area contributed by atoms with Gasteiger partial charge in [0.2, 0.25) is 0 Å². The van der Waals surface area contributed by atoms with E-state index in [0.29, 0.717) is 32.6 Å². The first-order valence-corrected chi connectivity index (χ1v) is 15.4. The van der Waals surface area contributed by atoms with Gasteiger partial charge in [0.05, 0.1) is 17.7 Å². The van der Waals surface area contributed by atoms with Gasteiger partial charge < -0.3 is 44.5 Å². The van der Waals surface area contributed by atoms with E-state index in [1.807, 2.05) is 27.7 Å². The van der Waals surface area contributed by atoms with E-state index in [9.17, 15) is 19.2 Å². The van der Waals surface area contributed by atoms with E-state index in [-0.39, 0.29) is 32.1 Å². The fraction of sp³-hybridized carbons (Fsp3) is 0.833. The summed E-state index contributed by atoms with van der Waals surface area (Å²) in [7, 11) is 0. The molecule has 0 aliphatic carbocycles. The number of rotatable bonds is 11. The number of alkyl carbamates (subject to hydrolysis) is 1. The van der Waals surface area contributed by atoms with Gasteiger partial charge >= 0.3 is 30.1 Å². The molecule has 2 heterocycles. The second-order valence-electron chi connectivity index (χ2n) is 14.0. The standard InChI is InChI=1S/C30H53N5O10/c1-11-35-23(30(14-17-40-18-15-30)34-25(39)44-29(8,9)10)33-26(45-35)42-21(36)13-12-16-31-24(38)32-20(19-41-27(2,3)4)22(37)43-28(5,6)7/h20,23H,11-19H2,1-10H3,(H,34,39)(H2,31,32,38). The van der Waals surface area contributed by atoms with Crippen LogP contribution in [0.3, 0.4) is 0 Å². The fourth-order valence-electron chi connectivity index (χ4n) is 4.38. The van der Waals surface area contributed by atoms with E-state index in [1.165, 1.54) is 0 Å². The minimum Gasteiger partial charge on any atom is -0.458 e. The van der Waals surface area contributed by atoms with Crippen LogP contribution in [0.5, 0.6) is 0 Å². The number of nitrogens with zero attached hydrogens (tertiary/aromatic N) is 2. The zero-order valence-electron chi connectivity index (χ0n) is 28.5. The number of carbonyl (C=O) groups excluding carboxylic acids is 4. The third-order valence-corrected chi connectivity index (χ3v) is 6.36. The maximum atomic E-state index is 12.7. The molecule has 2 rings (SSSR count). The highest BCUT2D eigenvalue weighted by Crippen LogP contribution is 2.33. The smallest absolute Gasteiger partial charge is 0.413 e. The molecule has 0 aromatic carbocycles. The molecule has 2 aliphatic rings. The van der Waals surface area contributed by atoms with Crippen LogP contribution in [0.2, 0.25) is 0 Å². The van der Waals surface area contributed by atoms with Gasteiger partial charge in [-0.1, -0.05) is 0 Å². The van der Waals surface area contributed by atoms with Crippen LogP contribution < -0.4 is 16.0 Å². The Hall–Kier alpha value is -3.17. The van der Waals surface area contributed by atoms with E-state index in [2.05, 4.69) is 20.9 Å². The molecule has 2 atom stereocenters. The normalized spacial score (nSPS) is 19.4. The Kier molecular flexibility index (Phi) is 13.4. The molecule has 0 saturated carbocycles. The number of likely N-dealkylation sites (N-methyl/N-ethyl adjacent to an activating group) is 1. The van der Waals surface area contributed by atoms with Gasteiger partial charge in [0.25, 0.3) is 0 Å². The average Bonchev–Trinajstić information content (AvgIpc) is 3.30. The zero-order chi connectivity index (χ0) is 34.1. The van der Waals surface area contributed by atoms with Gasteiger partial charge in [-0.15, -0.1) is 5.06 Å². The van der Waals surface area contributed by atoms with Crippen molar-refractivity contribution >= 4 is 30.1 Å². The molecule has 15 heteroatoms. The minimum atomic E-state index is -1.02. The molecule has 0 spiro atoms. The Morgan fingerprint density at radius 2 is 1.60 bits per heavy atom. The molecule has 0 radical (unpaired) electrons. The van der Waals surface area contributed by atoms with Gasteiger partial charge in [-0.3, -0.25) is 4.79 Å². The molecular formula is C30H53N5O10. The lowest BCUT2D eigenvalue weighted by Crippen LogP contribution is -2.63. The summed E-state index contributed by atoms with van der Waals surface area (Å²) in [5, 5.41) is 9.72. The summed E-state index contributed by atoms with van der Waals surface area (Å²) in [5.74, 6) is -1.23. The SMILES string of the molecule is CCN1OC(OC(=O)CCCNC(=O)NC(COC(C)(C)C)C(=O)OC(C)(C)C)=NC1C1(NC(=O)OC(C)(C)C)CCOCC1. The number of aliphatic imine (C=N–C) groups is 1. The second kappa shape index (κ2) is 15.9. The lowest BCUT2D eigenvalue weighted by Gasteiger charge is -2.42. The maximum absolute atomic E-state index is 12.7. The molecule has 258 valence electrons. The fourth-order valence-corrected chi connectivity index (χ4v) is 4.38. The van der Waals surface area contributed by atoms with E-state index < -0.39 is 58.6 Å². The maximum Gasteiger partial charge on any atom is 0.413 e. The van der Waals surface area contributed by atoms with Crippen LogP contribution >= 0.6 is 0 Å². The van der Waals surface area contributed by atoms with Crippen LogP contribution in [0, 0.1) is 0 Å². The van der Waals surface area contributed by atoms with Crippen molar-refractivity contribution in [1.29, 1.82) is 0 Å². The van der Waals surface area contributed by atoms with E-state index in [1.54, 1.807) is 46.6 Å². The first-order valence-electron chi connectivity index (χ1n) is 15.4. The highest BCUT2D eigenvalue weighted by atomic mass is 16.8. The first kappa shape index (κ1) is 38.0. The molecule has 45 heavy (non-hydrogen) atoms. The Morgan fingerprint density at radius 1 is 0.978 bits per heavy atom. The van der Waals surface area contributed by atoms with Crippen LogP contribution in [0.4, 0.5) is 9.59 Å². The molecule has 1 saturated heterocycles. The number of nitrogens with one attached hydrogen (secondary N) is 3. The van der Waals surface area contributed by atoms with Crippen LogP contribution in [0.15, 0.2) is 4.99 Å². The van der Waals surface area contributed by atoms with Crippen molar-refractivity contribution in [3.63, 3.8) is 0 Å². The van der Waals surface area contributed by atoms with E-state index in [0.717, 1.165) is 0 Å². The molecule has 3 N–H and O–H groups in total. The highest BCUT2D eigenvalue weighted by Gasteiger charge is 2.50. The van der Waals surface area contributed by atoms with Gasteiger partial charge in [-0.25, -0.2) is 14.4 Å². The lowest BCUT2D eigenvalue weighted by atomic mass is 9.86. The van der Waals surface area contributed by atoms with Gasteiger partial charge in [-0.05, 0) is 88.5 Å². The van der Waals surface area contributed by atoms with Crippen molar-refractivity contribution < 1.29 is 47.7 Å². The van der Waals surface area contributed by atoms with Crippen LogP contribution in [-0.2, 0) is 38.1 Å². The number of amides is 3. The Morgan fingerprint density at radius 3 is 2.16 bits per heavy atom. The van der Waals surface area contributed by atoms with Crippen molar-refractivity contribution in [1.82, 2.24) is 21.0 Å². The summed E-state index contributed by atoms with van der Waals surface area (Å²) in [6, 6.07) is -1.63. The molecule has 0 aromatic heterocycles. The van der Waals surface area contributed by atoms with Crippen LogP contribution in [0.1, 0.15) is 94.9 Å². The number of hydrogen-bond donors (Lipinski definition) is 3. The Balaban J connectivity index is 1.92. The number of urea groups is 1. The van der Waals surface area contributed by atoms with Crippen molar-refractivity contribution in [3.8, 4) is 0 Å². The van der Waals surface area contributed by atoms with Gasteiger partial charge in [0.15, 0.2) is 12.2 Å². The van der Waals surface area contributed by atoms with Gasteiger partial charge in [0.1, 0.15) is 11.2 Å². The lowest BCUT2D eigenvalue weighted by molar-refractivity contribution is -0.160. The van der Waals surface area contributed by atoms with Crippen LogP contribution in [0.25, 0.3) is 0 Å². The summed E-state index contributed by atoms with van der Waals surface area (Å²) in [6.07, 6.45) is -0.384. The van der Waals surface area contributed by atoms with Gasteiger partial charge in [0, 0.05) is 32.7 Å². The topological polar surface area (TPSA) is 175 Å². The predicted molar refractivity (Wildman–Crippen MR) is 164 cm³/mol. The summed E-state index contributed by atoms with van der Waals surface area (Å²) in [6.45, 7) is 19.2. The third-order valence-electron chi connectivity index (χ3n) is 6.36. The average molecular weight is 644 g/mol. The molecular weight excluding hydrogens is 590 g/mol. The van der Waals surface area contributed by atoms with Crippen molar-refractivity contribution in [2.45, 2.75) is 129 Å². The number of hydroxylamine groups is 2. The minimum absolute atomic E-state index is 0.0444. The number of ether oxygens (including phenoxy) is 5. The Labute approximate surface area is 266 Å². The van der Waals surface area contributed by atoms with Crippen molar-refractivity contribution in [2.75, 3.05) is 32.9 Å². The van der Waals surface area contributed by atoms with E-state index in [4.69, 9.17) is 28.5 Å².